The van der Waals surface area contributed by atoms with Gasteiger partial charge in [0.15, 0.2) is 5.13 Å². The highest BCUT2D eigenvalue weighted by Gasteiger charge is 2.17. The maximum Gasteiger partial charge on any atom is 0.180 e. The highest BCUT2D eigenvalue weighted by atomic mass is 32.1. The van der Waals surface area contributed by atoms with Crippen LogP contribution in [0.2, 0.25) is 0 Å². The fourth-order valence-corrected chi connectivity index (χ4v) is 2.39. The zero-order valence-corrected chi connectivity index (χ0v) is 11.2. The predicted octanol–water partition coefficient (Wildman–Crippen LogP) is 1.14. The van der Waals surface area contributed by atoms with E-state index < -0.39 is 12.2 Å². The van der Waals surface area contributed by atoms with Crippen molar-refractivity contribution < 1.29 is 10.2 Å². The first-order valence-electron chi connectivity index (χ1n) is 5.99. The van der Waals surface area contributed by atoms with Gasteiger partial charge in [-0.2, -0.15) is 0 Å². The van der Waals surface area contributed by atoms with E-state index in [4.69, 9.17) is 11.5 Å². The van der Waals surface area contributed by atoms with Crippen LogP contribution in [0.4, 0.5) is 5.13 Å². The molecular weight excluding hydrogens is 262 g/mol. The molecule has 0 aliphatic rings. The van der Waals surface area contributed by atoms with Gasteiger partial charge in [-0.25, -0.2) is 4.98 Å². The van der Waals surface area contributed by atoms with Crippen molar-refractivity contribution in [1.82, 2.24) is 4.98 Å². The maximum absolute atomic E-state index is 9.95. The van der Waals surface area contributed by atoms with Crippen molar-refractivity contribution in [2.75, 3.05) is 12.3 Å². The summed E-state index contributed by atoms with van der Waals surface area (Å²) in [5.74, 6) is 0. The number of hydrogen-bond donors (Lipinski definition) is 4. The first-order chi connectivity index (χ1) is 9.11. The zero-order valence-electron chi connectivity index (χ0n) is 10.4. The average molecular weight is 279 g/mol. The summed E-state index contributed by atoms with van der Waals surface area (Å²) in [6.07, 6.45) is -1.39. The predicted molar refractivity (Wildman–Crippen MR) is 76.6 cm³/mol. The van der Waals surface area contributed by atoms with Gasteiger partial charge >= 0.3 is 0 Å². The molecule has 1 aromatic carbocycles. The second kappa shape index (κ2) is 6.12. The number of rotatable bonds is 5. The van der Waals surface area contributed by atoms with E-state index in [1.807, 2.05) is 17.5 Å². The quantitative estimate of drug-likeness (QED) is 0.656. The Hall–Kier alpha value is -1.47. The van der Waals surface area contributed by atoms with Crippen LogP contribution in [0.25, 0.3) is 11.3 Å². The topological polar surface area (TPSA) is 105 Å². The van der Waals surface area contributed by atoms with Crippen LogP contribution in [-0.2, 0) is 0 Å². The summed E-state index contributed by atoms with van der Waals surface area (Å²) in [5.41, 5.74) is 13.3. The smallest absolute Gasteiger partial charge is 0.180 e. The molecule has 1 heterocycles. The van der Waals surface area contributed by atoms with Crippen molar-refractivity contribution in [2.24, 2.45) is 5.73 Å². The van der Waals surface area contributed by atoms with Gasteiger partial charge < -0.3 is 21.7 Å². The molecule has 5 nitrogen and oxygen atoms in total. The van der Waals surface area contributed by atoms with E-state index in [1.165, 1.54) is 11.3 Å². The van der Waals surface area contributed by atoms with Crippen LogP contribution in [0.1, 0.15) is 18.1 Å². The third-order valence-corrected chi connectivity index (χ3v) is 3.57. The Bertz CT molecular complexity index is 527. The summed E-state index contributed by atoms with van der Waals surface area (Å²) in [5, 5.41) is 22.1. The molecule has 0 spiro atoms. The number of benzene rings is 1. The maximum atomic E-state index is 9.95. The second-order valence-corrected chi connectivity index (χ2v) is 5.17. The first-order valence-corrected chi connectivity index (χ1v) is 6.87. The summed E-state index contributed by atoms with van der Waals surface area (Å²) < 4.78 is 0. The molecule has 0 aliphatic heterocycles. The Morgan fingerprint density at radius 3 is 2.42 bits per heavy atom. The zero-order chi connectivity index (χ0) is 13.8. The Labute approximate surface area is 115 Å². The number of aliphatic hydroxyl groups is 2. The Balaban J connectivity index is 2.14. The van der Waals surface area contributed by atoms with Crippen LogP contribution >= 0.6 is 11.3 Å². The minimum Gasteiger partial charge on any atom is -0.390 e. The van der Waals surface area contributed by atoms with Crippen molar-refractivity contribution in [3.8, 4) is 11.3 Å². The molecule has 0 amide bonds. The minimum absolute atomic E-state index is 0.342. The van der Waals surface area contributed by atoms with Crippen molar-refractivity contribution in [3.63, 3.8) is 0 Å². The highest BCUT2D eigenvalue weighted by Crippen LogP contribution is 2.25. The van der Waals surface area contributed by atoms with Crippen molar-refractivity contribution in [1.29, 1.82) is 0 Å². The minimum atomic E-state index is -0.918. The van der Waals surface area contributed by atoms with E-state index in [2.05, 4.69) is 4.98 Å². The van der Waals surface area contributed by atoms with Gasteiger partial charge in [0.1, 0.15) is 6.10 Å². The summed E-state index contributed by atoms with van der Waals surface area (Å²) in [7, 11) is 0. The molecule has 0 bridgehead atoms. The molecule has 102 valence electrons. The lowest BCUT2D eigenvalue weighted by Gasteiger charge is -2.17. The third-order valence-electron chi connectivity index (χ3n) is 2.90. The molecule has 2 atom stereocenters. The van der Waals surface area contributed by atoms with Gasteiger partial charge in [0, 0.05) is 10.9 Å². The van der Waals surface area contributed by atoms with Crippen molar-refractivity contribution in [2.45, 2.75) is 18.6 Å². The van der Waals surface area contributed by atoms with Gasteiger partial charge in [-0.05, 0) is 18.5 Å². The van der Waals surface area contributed by atoms with Crippen LogP contribution in [0, 0.1) is 0 Å². The second-order valence-electron chi connectivity index (χ2n) is 4.28. The molecule has 2 rings (SSSR count). The Morgan fingerprint density at radius 1 is 1.21 bits per heavy atom. The van der Waals surface area contributed by atoms with Crippen LogP contribution < -0.4 is 11.5 Å². The van der Waals surface area contributed by atoms with Crippen molar-refractivity contribution >= 4 is 16.5 Å². The van der Waals surface area contributed by atoms with Gasteiger partial charge in [0.05, 0.1) is 11.8 Å². The molecule has 1 aromatic heterocycles. The van der Waals surface area contributed by atoms with E-state index in [0.717, 1.165) is 11.3 Å². The Morgan fingerprint density at radius 2 is 1.89 bits per heavy atom. The van der Waals surface area contributed by atoms with Gasteiger partial charge in [-0.15, -0.1) is 11.3 Å². The highest BCUT2D eigenvalue weighted by molar-refractivity contribution is 7.13. The van der Waals surface area contributed by atoms with Crippen LogP contribution in [0.15, 0.2) is 29.6 Å². The summed E-state index contributed by atoms with van der Waals surface area (Å²) in [4.78, 5) is 4.19. The molecular formula is C13H17N3O2S. The van der Waals surface area contributed by atoms with Crippen LogP contribution in [0.3, 0.4) is 0 Å². The van der Waals surface area contributed by atoms with Crippen molar-refractivity contribution in [3.05, 3.63) is 35.2 Å². The van der Waals surface area contributed by atoms with E-state index >= 15 is 0 Å². The molecule has 0 fully saturated rings. The first kappa shape index (κ1) is 14.0. The molecule has 19 heavy (non-hydrogen) atoms. The largest absolute Gasteiger partial charge is 0.390 e. The fourth-order valence-electron chi connectivity index (χ4n) is 1.82. The number of nitrogens with two attached hydrogens (primary N) is 2. The molecule has 0 saturated carbocycles. The number of anilines is 1. The lowest BCUT2D eigenvalue weighted by atomic mass is 10.0. The van der Waals surface area contributed by atoms with Gasteiger partial charge in [0.25, 0.3) is 0 Å². The lowest BCUT2D eigenvalue weighted by molar-refractivity contribution is 0.0150. The van der Waals surface area contributed by atoms with Crippen LogP contribution in [-0.4, -0.2) is 27.8 Å². The summed E-state index contributed by atoms with van der Waals surface area (Å²) in [6, 6.07) is 7.25. The monoisotopic (exact) mass is 279 g/mol. The van der Waals surface area contributed by atoms with Crippen LogP contribution in [0.5, 0.6) is 0 Å². The molecule has 6 heteroatoms. The van der Waals surface area contributed by atoms with E-state index in [1.54, 1.807) is 12.1 Å². The standard InChI is InChI=1S/C13H17N3O2S/c14-6-5-11(17)12(18)9-3-1-8(2-4-9)10-7-19-13(15)16-10/h1-4,7,11-12,17-18H,5-6,14H2,(H2,15,16). The van der Waals surface area contributed by atoms with Gasteiger partial charge in [-0.1, -0.05) is 24.3 Å². The molecule has 2 unspecified atom stereocenters. The molecule has 0 saturated heterocycles. The SMILES string of the molecule is NCCC(O)C(O)c1ccc(-c2csc(N)n2)cc1. The number of aromatic nitrogens is 1. The number of thiazole rings is 1. The summed E-state index contributed by atoms with van der Waals surface area (Å²) >= 11 is 1.38. The fraction of sp³-hybridized carbons (Fsp3) is 0.308. The lowest BCUT2D eigenvalue weighted by Crippen LogP contribution is -2.21. The molecule has 2 aromatic rings. The Kier molecular flexibility index (Phi) is 4.49. The normalized spacial score (nSPS) is 14.3. The van der Waals surface area contributed by atoms with Gasteiger partial charge in [-0.3, -0.25) is 0 Å². The van der Waals surface area contributed by atoms with E-state index in [9.17, 15) is 10.2 Å². The summed E-state index contributed by atoms with van der Waals surface area (Å²) in [6.45, 7) is 0.342. The number of hydrogen-bond acceptors (Lipinski definition) is 6. The number of nitrogen functional groups attached to an aromatic ring is 1. The van der Waals surface area contributed by atoms with E-state index in [0.29, 0.717) is 23.7 Å². The molecule has 0 radical (unpaired) electrons. The third kappa shape index (κ3) is 3.30. The number of nitrogens with zero attached hydrogens (tertiary/aromatic N) is 1. The molecule has 6 N–H and O–H groups in total. The molecule has 0 aliphatic carbocycles. The van der Waals surface area contributed by atoms with Gasteiger partial charge in [0.2, 0.25) is 0 Å². The van der Waals surface area contributed by atoms with E-state index in [-0.39, 0.29) is 0 Å². The average Bonchev–Trinajstić information content (AvgIpc) is 2.85. The number of aliphatic hydroxyl groups excluding tert-OH is 2.